The van der Waals surface area contributed by atoms with Gasteiger partial charge in [-0.05, 0) is 69.8 Å². The van der Waals surface area contributed by atoms with Crippen LogP contribution < -0.4 is 0 Å². The van der Waals surface area contributed by atoms with Crippen molar-refractivity contribution >= 4 is 56.1 Å². The van der Waals surface area contributed by atoms with E-state index in [1.807, 2.05) is 12.1 Å². The van der Waals surface area contributed by atoms with Crippen LogP contribution in [0, 0.1) is 76.4 Å². The van der Waals surface area contributed by atoms with Gasteiger partial charge in [-0.25, -0.2) is 34.5 Å². The van der Waals surface area contributed by atoms with Crippen molar-refractivity contribution in [2.45, 2.75) is 0 Å². The van der Waals surface area contributed by atoms with Gasteiger partial charge in [0, 0.05) is 47.1 Å². The fraction of sp³-hybridized carbons (Fsp3) is 0. The van der Waals surface area contributed by atoms with Crippen LogP contribution in [0.5, 0.6) is 0 Å². The normalized spacial score (nSPS) is 14.1. The molecule has 12 nitrogen and oxygen atoms in total. The lowest BCUT2D eigenvalue weighted by atomic mass is 9.88. The highest BCUT2D eigenvalue weighted by Crippen LogP contribution is 2.55. The molecule has 0 fully saturated rings. The Labute approximate surface area is 307 Å². The van der Waals surface area contributed by atoms with Crippen LogP contribution in [0.1, 0.15) is 56.2 Å². The zero-order chi connectivity index (χ0) is 37.9. The molecule has 0 atom stereocenters. The van der Waals surface area contributed by atoms with Gasteiger partial charge >= 0.3 is 0 Å². The average Bonchev–Trinajstić information content (AvgIpc) is 3.72. The predicted molar refractivity (Wildman–Crippen MR) is 196 cm³/mol. The molecular formula is C42H14N12. The molecular weight excluding hydrogens is 673 g/mol. The molecule has 5 aromatic rings. The van der Waals surface area contributed by atoms with Gasteiger partial charge in [-0.1, -0.05) is 24.3 Å². The minimum atomic E-state index is 0.0200. The van der Waals surface area contributed by atoms with E-state index in [1.165, 1.54) is 61.2 Å². The SMILES string of the molecule is [C-]#[N+]C1=C(c2ncccn2)/C(=C(/C#N)c2cc([N+]#[C-])cc([N+]#[C-])c2)c2cc3c(cc21)/C(=C(\C#N)c1cc(C#N)cc(C#N)c1)C(c1ncccn1)=C3C#N. The Morgan fingerprint density at radius 2 is 0.981 bits per heavy atom. The standard InChI is InChI=1S/C42H14N12/c1-48-27-13-26(14-28(15-27)49-2)34(21-46)37-31-16-29-30(17-32(31)40(50-3)39(37)42-53-8-5-9-54-42)36(38(35(29)22-47)41-51-6-4-7-52-41)33(20-45)25-11-23(18-43)10-24(12-25)19-44/h4-17H/b36-33-,37-34-. The summed E-state index contributed by atoms with van der Waals surface area (Å²) >= 11 is 0. The van der Waals surface area contributed by atoms with Crippen molar-refractivity contribution in [2.24, 2.45) is 0 Å². The second kappa shape index (κ2) is 13.5. The minimum Gasteiger partial charge on any atom is -0.239 e. The Bertz CT molecular complexity index is 2730. The molecule has 2 aromatic heterocycles. The summed E-state index contributed by atoms with van der Waals surface area (Å²) in [5.41, 5.74) is 3.59. The molecule has 0 aliphatic heterocycles. The number of aromatic nitrogens is 4. The second-order valence-electron chi connectivity index (χ2n) is 11.5. The lowest BCUT2D eigenvalue weighted by Gasteiger charge is -2.14. The van der Waals surface area contributed by atoms with Gasteiger partial charge in [0.05, 0.1) is 59.7 Å². The second-order valence-corrected chi connectivity index (χ2v) is 11.5. The van der Waals surface area contributed by atoms with E-state index in [0.29, 0.717) is 22.3 Å². The van der Waals surface area contributed by atoms with Crippen LogP contribution in [-0.4, -0.2) is 19.9 Å². The highest BCUT2D eigenvalue weighted by atomic mass is 14.9. The first-order valence-electron chi connectivity index (χ1n) is 15.6. The summed E-state index contributed by atoms with van der Waals surface area (Å²) in [6, 6.07) is 26.0. The summed E-state index contributed by atoms with van der Waals surface area (Å²) in [7, 11) is 0. The van der Waals surface area contributed by atoms with E-state index in [-0.39, 0.29) is 90.0 Å². The predicted octanol–water partition coefficient (Wildman–Crippen LogP) is 8.23. The molecule has 0 amide bonds. The van der Waals surface area contributed by atoms with Crippen molar-refractivity contribution in [2.75, 3.05) is 0 Å². The van der Waals surface area contributed by atoms with Gasteiger partial charge in [-0.3, -0.25) is 0 Å². The molecule has 0 spiro atoms. The first kappa shape index (κ1) is 33.2. The molecule has 0 N–H and O–H groups in total. The number of nitriles is 5. The number of allylic oxidation sites excluding steroid dienone is 7. The Morgan fingerprint density at radius 1 is 0.500 bits per heavy atom. The van der Waals surface area contributed by atoms with E-state index >= 15 is 0 Å². The summed E-state index contributed by atoms with van der Waals surface area (Å²) in [6.45, 7) is 23.6. The molecule has 7 rings (SSSR count). The monoisotopic (exact) mass is 686 g/mol. The minimum absolute atomic E-state index is 0.0200. The smallest absolute Gasteiger partial charge is 0.206 e. The maximum absolute atomic E-state index is 10.8. The summed E-state index contributed by atoms with van der Waals surface area (Å²) in [5, 5.41) is 51.9. The molecule has 0 saturated carbocycles. The van der Waals surface area contributed by atoms with E-state index in [4.69, 9.17) is 19.7 Å². The van der Waals surface area contributed by atoms with Gasteiger partial charge in [-0.2, -0.15) is 26.3 Å². The Kier molecular flexibility index (Phi) is 8.33. The molecule has 2 aliphatic carbocycles. The average molecular weight is 687 g/mol. The molecule has 54 heavy (non-hydrogen) atoms. The van der Waals surface area contributed by atoms with Crippen LogP contribution in [0.3, 0.4) is 0 Å². The van der Waals surface area contributed by atoms with Crippen LogP contribution in [0.15, 0.2) is 85.5 Å². The summed E-state index contributed by atoms with van der Waals surface area (Å²) in [4.78, 5) is 28.6. The van der Waals surface area contributed by atoms with Crippen LogP contribution in [0.2, 0.25) is 0 Å². The van der Waals surface area contributed by atoms with E-state index in [0.717, 1.165) is 0 Å². The van der Waals surface area contributed by atoms with Gasteiger partial charge in [0.25, 0.3) is 0 Å². The molecule has 242 valence electrons. The molecule has 0 unspecified atom stereocenters. The number of hydrogen-bond donors (Lipinski definition) is 0. The third-order valence-corrected chi connectivity index (χ3v) is 8.66. The first-order chi connectivity index (χ1) is 26.4. The Hall–Kier alpha value is -9.30. The Balaban J connectivity index is 1.66. The maximum atomic E-state index is 10.8. The third-order valence-electron chi connectivity index (χ3n) is 8.66. The largest absolute Gasteiger partial charge is 0.239 e. The van der Waals surface area contributed by atoms with E-state index in [9.17, 15) is 26.3 Å². The van der Waals surface area contributed by atoms with Crippen molar-refractivity contribution in [1.82, 2.24) is 19.9 Å². The molecule has 0 radical (unpaired) electrons. The summed E-state index contributed by atoms with van der Waals surface area (Å²) in [5.74, 6) is 0.259. The lowest BCUT2D eigenvalue weighted by molar-refractivity contribution is 1.13. The van der Waals surface area contributed by atoms with E-state index < -0.39 is 0 Å². The van der Waals surface area contributed by atoms with Gasteiger partial charge in [0.2, 0.25) is 5.70 Å². The van der Waals surface area contributed by atoms with Crippen LogP contribution in [-0.2, 0) is 0 Å². The van der Waals surface area contributed by atoms with Crippen molar-refractivity contribution in [3.63, 3.8) is 0 Å². The number of rotatable bonds is 4. The number of nitrogens with zero attached hydrogens (tertiary/aromatic N) is 12. The molecule has 2 heterocycles. The van der Waals surface area contributed by atoms with Crippen LogP contribution in [0.4, 0.5) is 11.4 Å². The lowest BCUT2D eigenvalue weighted by Crippen LogP contribution is -1.98. The molecule has 3 aromatic carbocycles. The topological polar surface area (TPSA) is 184 Å². The fourth-order valence-corrected chi connectivity index (χ4v) is 6.55. The molecule has 2 aliphatic rings. The number of benzene rings is 3. The van der Waals surface area contributed by atoms with Crippen molar-refractivity contribution < 1.29 is 0 Å². The van der Waals surface area contributed by atoms with E-state index in [2.05, 4.69) is 52.7 Å². The van der Waals surface area contributed by atoms with Crippen molar-refractivity contribution in [1.29, 1.82) is 26.3 Å². The van der Waals surface area contributed by atoms with Crippen molar-refractivity contribution in [3.05, 3.63) is 176 Å². The zero-order valence-corrected chi connectivity index (χ0v) is 27.4. The summed E-state index contributed by atoms with van der Waals surface area (Å²) < 4.78 is 0. The maximum Gasteiger partial charge on any atom is 0.206 e. The van der Waals surface area contributed by atoms with E-state index in [1.54, 1.807) is 24.3 Å². The Morgan fingerprint density at radius 3 is 1.46 bits per heavy atom. The van der Waals surface area contributed by atoms with Gasteiger partial charge < -0.3 is 0 Å². The van der Waals surface area contributed by atoms with Gasteiger partial charge in [0.1, 0.15) is 24.0 Å². The zero-order valence-electron chi connectivity index (χ0n) is 27.4. The fourth-order valence-electron chi connectivity index (χ4n) is 6.55. The number of fused-ring (bicyclic) bond motifs is 2. The summed E-state index contributed by atoms with van der Waals surface area (Å²) in [6.07, 6.45) is 5.96. The van der Waals surface area contributed by atoms with Gasteiger partial charge in [-0.15, -0.1) is 0 Å². The molecule has 0 bridgehead atoms. The van der Waals surface area contributed by atoms with Crippen molar-refractivity contribution in [3.8, 4) is 30.3 Å². The quantitative estimate of drug-likeness (QED) is 0.133. The van der Waals surface area contributed by atoms with Gasteiger partial charge in [0.15, 0.2) is 17.2 Å². The number of hydrogen-bond acceptors (Lipinski definition) is 9. The first-order valence-corrected chi connectivity index (χ1v) is 15.6. The highest BCUT2D eigenvalue weighted by molar-refractivity contribution is 6.33. The van der Waals surface area contributed by atoms with Crippen LogP contribution in [0.25, 0.3) is 59.2 Å². The van der Waals surface area contributed by atoms with Crippen LogP contribution >= 0.6 is 0 Å². The molecule has 12 heteroatoms. The molecule has 0 saturated heterocycles. The third kappa shape index (κ3) is 5.27. The highest BCUT2D eigenvalue weighted by Gasteiger charge is 2.38.